The van der Waals surface area contributed by atoms with Gasteiger partial charge in [-0.1, -0.05) is 25.5 Å². The number of esters is 2. The number of rotatable bonds is 1. The fraction of sp³-hybridized carbons (Fsp3) is 0.700. The highest BCUT2D eigenvalue weighted by atomic mass is 16.5. The number of hydrogen-bond acceptors (Lipinski definition) is 4. The van der Waals surface area contributed by atoms with E-state index in [4.69, 9.17) is 9.47 Å². The van der Waals surface area contributed by atoms with Crippen LogP contribution in [0.4, 0.5) is 0 Å². The number of methoxy groups -OCH3 is 1. The molecule has 0 radical (unpaired) electrons. The maximum atomic E-state index is 12.3. The van der Waals surface area contributed by atoms with Crippen LogP contribution in [0.1, 0.15) is 52.4 Å². The van der Waals surface area contributed by atoms with E-state index in [0.717, 1.165) is 37.9 Å². The second kappa shape index (κ2) is 5.21. The van der Waals surface area contributed by atoms with Crippen LogP contribution in [0, 0.1) is 28.6 Å². The maximum Gasteiger partial charge on any atom is 0.310 e. The molecule has 3 aliphatic carbocycles. The lowest BCUT2D eigenvalue weighted by molar-refractivity contribution is -0.152. The number of allylic oxidation sites excluding steroid dienone is 4. The maximum absolute atomic E-state index is 12.3. The Morgan fingerprint density at radius 3 is 2.71 bits per heavy atom. The molecule has 24 heavy (non-hydrogen) atoms. The van der Waals surface area contributed by atoms with Gasteiger partial charge in [-0.15, -0.1) is 0 Å². The molecule has 0 aromatic carbocycles. The second-order valence-corrected chi connectivity index (χ2v) is 8.39. The van der Waals surface area contributed by atoms with Gasteiger partial charge >= 0.3 is 11.9 Å². The minimum absolute atomic E-state index is 0.00245. The normalized spacial score (nSPS) is 43.6. The molecule has 1 heterocycles. The lowest BCUT2D eigenvalue weighted by Gasteiger charge is -2.52. The number of hydrogen-bond donors (Lipinski definition) is 0. The molecule has 130 valence electrons. The Bertz CT molecular complexity index is 661. The van der Waals surface area contributed by atoms with Gasteiger partial charge < -0.3 is 9.47 Å². The van der Waals surface area contributed by atoms with Crippen LogP contribution in [0.15, 0.2) is 23.5 Å². The first-order chi connectivity index (χ1) is 11.4. The van der Waals surface area contributed by atoms with Crippen molar-refractivity contribution in [3.8, 4) is 0 Å². The standard InChI is InChI=1S/C20H26O4/c1-19-10-8-14-12(13(19)5-6-15(19)18(22)23-3)4-7-16-20(14,2)11-9-17(21)24-16/h4,7,13-15H,5-6,8-11H2,1-3H3/t13-,14-,15+,19-,20+/m0/s1. The molecule has 0 aromatic rings. The van der Waals surface area contributed by atoms with E-state index in [1.54, 1.807) is 0 Å². The molecule has 0 N–H and O–H groups in total. The molecule has 4 heteroatoms. The van der Waals surface area contributed by atoms with Crippen LogP contribution < -0.4 is 0 Å². The minimum atomic E-state index is -0.108. The molecule has 0 amide bonds. The topological polar surface area (TPSA) is 52.6 Å². The number of carbonyl (C=O) groups is 2. The molecule has 4 aliphatic rings. The highest BCUT2D eigenvalue weighted by molar-refractivity contribution is 5.74. The van der Waals surface area contributed by atoms with E-state index in [-0.39, 0.29) is 28.7 Å². The van der Waals surface area contributed by atoms with E-state index in [1.807, 2.05) is 6.08 Å². The molecule has 5 atom stereocenters. The highest BCUT2D eigenvalue weighted by Gasteiger charge is 2.58. The summed E-state index contributed by atoms with van der Waals surface area (Å²) in [5.74, 6) is 1.56. The fourth-order valence-corrected chi connectivity index (χ4v) is 5.96. The van der Waals surface area contributed by atoms with Crippen molar-refractivity contribution < 1.29 is 19.1 Å². The fourth-order valence-electron chi connectivity index (χ4n) is 5.96. The molecule has 0 aromatic heterocycles. The van der Waals surface area contributed by atoms with Gasteiger partial charge in [-0.3, -0.25) is 9.59 Å². The first-order valence-corrected chi connectivity index (χ1v) is 9.11. The molecule has 4 rings (SSSR count). The summed E-state index contributed by atoms with van der Waals surface area (Å²) in [7, 11) is 1.50. The van der Waals surface area contributed by atoms with Crippen molar-refractivity contribution in [1.82, 2.24) is 0 Å². The molecular weight excluding hydrogens is 304 g/mol. The molecule has 3 fully saturated rings. The predicted molar refractivity (Wildman–Crippen MR) is 88.7 cm³/mol. The lowest BCUT2D eigenvalue weighted by atomic mass is 9.53. The summed E-state index contributed by atoms with van der Waals surface area (Å²) in [4.78, 5) is 23.9. The van der Waals surface area contributed by atoms with Crippen molar-refractivity contribution in [3.63, 3.8) is 0 Å². The van der Waals surface area contributed by atoms with Gasteiger partial charge in [0.15, 0.2) is 0 Å². The van der Waals surface area contributed by atoms with E-state index >= 15 is 0 Å². The first kappa shape index (κ1) is 15.9. The smallest absolute Gasteiger partial charge is 0.310 e. The van der Waals surface area contributed by atoms with Gasteiger partial charge in [0.25, 0.3) is 0 Å². The quantitative estimate of drug-likeness (QED) is 0.687. The van der Waals surface area contributed by atoms with Crippen molar-refractivity contribution in [1.29, 1.82) is 0 Å². The summed E-state index contributed by atoms with van der Waals surface area (Å²) in [5, 5.41) is 0. The predicted octanol–water partition coefficient (Wildman–Crippen LogP) is 3.77. The average molecular weight is 330 g/mol. The van der Waals surface area contributed by atoms with E-state index in [2.05, 4.69) is 19.9 Å². The molecule has 1 aliphatic heterocycles. The monoisotopic (exact) mass is 330 g/mol. The highest BCUT2D eigenvalue weighted by Crippen LogP contribution is 2.64. The van der Waals surface area contributed by atoms with Crippen molar-refractivity contribution in [2.75, 3.05) is 7.11 Å². The van der Waals surface area contributed by atoms with Gasteiger partial charge in [0.2, 0.25) is 0 Å². The average Bonchev–Trinajstić information content (AvgIpc) is 2.92. The number of fused-ring (bicyclic) bond motifs is 5. The van der Waals surface area contributed by atoms with E-state index in [9.17, 15) is 9.59 Å². The summed E-state index contributed by atoms with van der Waals surface area (Å²) in [6.07, 6.45) is 9.63. The molecule has 0 bridgehead atoms. The van der Waals surface area contributed by atoms with Gasteiger partial charge in [0, 0.05) is 11.8 Å². The van der Waals surface area contributed by atoms with Crippen LogP contribution in [0.25, 0.3) is 0 Å². The zero-order valence-corrected chi connectivity index (χ0v) is 14.8. The Labute approximate surface area is 143 Å². The van der Waals surface area contributed by atoms with Crippen molar-refractivity contribution in [2.45, 2.75) is 52.4 Å². The van der Waals surface area contributed by atoms with Gasteiger partial charge in [0.05, 0.1) is 13.0 Å². The number of carbonyl (C=O) groups excluding carboxylic acids is 2. The van der Waals surface area contributed by atoms with Crippen molar-refractivity contribution in [3.05, 3.63) is 23.5 Å². The Morgan fingerprint density at radius 2 is 1.96 bits per heavy atom. The van der Waals surface area contributed by atoms with Crippen LogP contribution in [-0.2, 0) is 19.1 Å². The third-order valence-electron chi connectivity index (χ3n) is 7.43. The Morgan fingerprint density at radius 1 is 1.17 bits per heavy atom. The molecule has 2 saturated carbocycles. The zero-order valence-electron chi connectivity index (χ0n) is 14.8. The van der Waals surface area contributed by atoms with Crippen molar-refractivity contribution in [2.24, 2.45) is 28.6 Å². The van der Waals surface area contributed by atoms with Gasteiger partial charge in [-0.2, -0.15) is 0 Å². The minimum Gasteiger partial charge on any atom is -0.469 e. The SMILES string of the molecule is COC(=O)[C@H]1CC[C@H]2C3=CC=C4OC(=O)CC[C@]4(C)[C@H]3CC[C@]12C. The number of ether oxygens (including phenoxy) is 2. The molecule has 0 spiro atoms. The van der Waals surface area contributed by atoms with Crippen LogP contribution in [0.2, 0.25) is 0 Å². The molecule has 4 nitrogen and oxygen atoms in total. The summed E-state index contributed by atoms with van der Waals surface area (Å²) < 4.78 is 10.6. The Kier molecular flexibility index (Phi) is 3.45. The Hall–Kier alpha value is -1.58. The zero-order chi connectivity index (χ0) is 17.1. The summed E-state index contributed by atoms with van der Waals surface area (Å²) in [6.45, 7) is 4.52. The first-order valence-electron chi connectivity index (χ1n) is 9.11. The van der Waals surface area contributed by atoms with E-state index in [0.29, 0.717) is 18.3 Å². The molecular formula is C20H26O4. The molecule has 1 saturated heterocycles. The van der Waals surface area contributed by atoms with Crippen LogP contribution in [-0.4, -0.2) is 19.0 Å². The third-order valence-corrected chi connectivity index (χ3v) is 7.43. The van der Waals surface area contributed by atoms with Gasteiger partial charge in [0.1, 0.15) is 5.76 Å². The third kappa shape index (κ3) is 1.98. The van der Waals surface area contributed by atoms with Crippen LogP contribution in [0.5, 0.6) is 0 Å². The van der Waals surface area contributed by atoms with Crippen LogP contribution >= 0.6 is 0 Å². The van der Waals surface area contributed by atoms with E-state index in [1.165, 1.54) is 12.7 Å². The van der Waals surface area contributed by atoms with Gasteiger partial charge in [-0.25, -0.2) is 0 Å². The van der Waals surface area contributed by atoms with Gasteiger partial charge in [-0.05, 0) is 55.4 Å². The largest absolute Gasteiger partial charge is 0.469 e. The van der Waals surface area contributed by atoms with Crippen molar-refractivity contribution >= 4 is 11.9 Å². The second-order valence-electron chi connectivity index (χ2n) is 8.39. The summed E-state index contributed by atoms with van der Waals surface area (Å²) >= 11 is 0. The summed E-state index contributed by atoms with van der Waals surface area (Å²) in [6, 6.07) is 0. The summed E-state index contributed by atoms with van der Waals surface area (Å²) in [5.41, 5.74) is 1.41. The Balaban J connectivity index is 1.71. The van der Waals surface area contributed by atoms with Crippen LogP contribution in [0.3, 0.4) is 0 Å². The lowest BCUT2D eigenvalue weighted by Crippen LogP contribution is -2.47. The molecule has 0 unspecified atom stereocenters. The van der Waals surface area contributed by atoms with E-state index < -0.39 is 0 Å².